The number of carbonyl (C=O) groups excluding carboxylic acids is 2. The second kappa shape index (κ2) is 3.53. The van der Waals surface area contributed by atoms with Crippen molar-refractivity contribution in [2.45, 2.75) is 6.04 Å². The number of quaternary nitrogens is 1. The second-order valence-corrected chi connectivity index (χ2v) is 3.36. The summed E-state index contributed by atoms with van der Waals surface area (Å²) in [5.41, 5.74) is 0. The molecular weight excluding hydrogens is 162 g/mol. The number of rotatable bonds is 3. The zero-order valence-electron chi connectivity index (χ0n) is 7.66. The molecule has 0 bridgehead atoms. The summed E-state index contributed by atoms with van der Waals surface area (Å²) >= 11 is 0. The van der Waals surface area contributed by atoms with Crippen LogP contribution in [-0.2, 0) is 14.3 Å². The largest absolute Gasteiger partial charge is 0.543 e. The van der Waals surface area contributed by atoms with Gasteiger partial charge in [-0.15, -0.1) is 0 Å². The van der Waals surface area contributed by atoms with E-state index >= 15 is 0 Å². The molecule has 0 aliphatic heterocycles. The van der Waals surface area contributed by atoms with Gasteiger partial charge in [0.15, 0.2) is 0 Å². The minimum atomic E-state index is -1.42. The van der Waals surface area contributed by atoms with Crippen LogP contribution in [0.5, 0.6) is 0 Å². The highest BCUT2D eigenvalue weighted by atomic mass is 16.5. The third-order valence-electron chi connectivity index (χ3n) is 1.42. The van der Waals surface area contributed by atoms with Crippen LogP contribution in [0, 0.1) is 0 Å². The third kappa shape index (κ3) is 2.50. The van der Waals surface area contributed by atoms with Crippen LogP contribution < -0.4 is 5.11 Å². The molecular formula is C7H13NO4. The van der Waals surface area contributed by atoms with Gasteiger partial charge < -0.3 is 19.1 Å². The highest BCUT2D eigenvalue weighted by molar-refractivity contribution is 5.95. The monoisotopic (exact) mass is 175 g/mol. The van der Waals surface area contributed by atoms with E-state index in [0.717, 1.165) is 7.11 Å². The number of methoxy groups -OCH3 is 1. The topological polar surface area (TPSA) is 66.4 Å². The highest BCUT2D eigenvalue weighted by Gasteiger charge is 2.33. The number of likely N-dealkylation sites (N-methyl/N-ethyl adjacent to an activating group) is 1. The number of nitrogens with zero attached hydrogens (tertiary/aromatic N) is 1. The van der Waals surface area contributed by atoms with Gasteiger partial charge in [-0.1, -0.05) is 0 Å². The van der Waals surface area contributed by atoms with E-state index in [0.29, 0.717) is 0 Å². The zero-order valence-corrected chi connectivity index (χ0v) is 7.66. The number of ether oxygens (including phenoxy) is 1. The van der Waals surface area contributed by atoms with Gasteiger partial charge in [0, 0.05) is 0 Å². The van der Waals surface area contributed by atoms with E-state index in [1.165, 1.54) is 0 Å². The summed E-state index contributed by atoms with van der Waals surface area (Å²) < 4.78 is 4.28. The van der Waals surface area contributed by atoms with E-state index in [-0.39, 0.29) is 4.48 Å². The molecule has 0 saturated heterocycles. The SMILES string of the molecule is COC(=O)C(C(=O)[O-])[N+](C)(C)C. The first-order valence-electron chi connectivity index (χ1n) is 3.40. The molecule has 0 radical (unpaired) electrons. The van der Waals surface area contributed by atoms with Crippen molar-refractivity contribution >= 4 is 11.9 Å². The molecule has 0 fully saturated rings. The Morgan fingerprint density at radius 1 is 1.33 bits per heavy atom. The van der Waals surface area contributed by atoms with Crippen LogP contribution in [-0.4, -0.2) is 50.7 Å². The molecule has 0 aliphatic carbocycles. The molecule has 0 spiro atoms. The molecule has 5 heteroatoms. The molecule has 0 saturated carbocycles. The summed E-state index contributed by atoms with van der Waals surface area (Å²) in [6.45, 7) is 0. The van der Waals surface area contributed by atoms with E-state index < -0.39 is 18.0 Å². The Morgan fingerprint density at radius 2 is 1.75 bits per heavy atom. The maximum Gasteiger partial charge on any atom is 0.370 e. The van der Waals surface area contributed by atoms with E-state index in [1.807, 2.05) is 0 Å². The average molecular weight is 175 g/mol. The molecule has 1 atom stereocenters. The van der Waals surface area contributed by atoms with Crippen molar-refractivity contribution in [2.75, 3.05) is 28.3 Å². The smallest absolute Gasteiger partial charge is 0.370 e. The minimum Gasteiger partial charge on any atom is -0.543 e. The Hall–Kier alpha value is -1.10. The van der Waals surface area contributed by atoms with Gasteiger partial charge in [0.25, 0.3) is 0 Å². The number of hydrogen-bond acceptors (Lipinski definition) is 4. The molecule has 70 valence electrons. The Bertz CT molecular complexity index is 194. The van der Waals surface area contributed by atoms with Crippen LogP contribution in [0.3, 0.4) is 0 Å². The molecule has 0 N–H and O–H groups in total. The molecule has 0 aromatic rings. The first-order valence-corrected chi connectivity index (χ1v) is 3.40. The second-order valence-electron chi connectivity index (χ2n) is 3.36. The van der Waals surface area contributed by atoms with Gasteiger partial charge in [-0.3, -0.25) is 0 Å². The Labute approximate surface area is 71.1 Å². The maximum atomic E-state index is 10.9. The number of carboxylic acids is 1. The molecule has 0 amide bonds. The van der Waals surface area contributed by atoms with E-state index in [2.05, 4.69) is 4.74 Å². The molecule has 0 aromatic carbocycles. The lowest BCUT2D eigenvalue weighted by Gasteiger charge is -2.32. The molecule has 0 heterocycles. The van der Waals surface area contributed by atoms with E-state index in [9.17, 15) is 14.7 Å². The Morgan fingerprint density at radius 3 is 1.83 bits per heavy atom. The summed E-state index contributed by atoms with van der Waals surface area (Å²) in [4.78, 5) is 21.5. The van der Waals surface area contributed by atoms with Crippen LogP contribution in [0.4, 0.5) is 0 Å². The van der Waals surface area contributed by atoms with Crippen molar-refractivity contribution in [3.8, 4) is 0 Å². The first-order chi connectivity index (χ1) is 5.30. The summed E-state index contributed by atoms with van der Waals surface area (Å²) in [6.07, 6.45) is 0. The number of aliphatic carboxylic acids is 1. The van der Waals surface area contributed by atoms with Gasteiger partial charge in [-0.05, 0) is 0 Å². The van der Waals surface area contributed by atoms with Crippen LogP contribution in [0.2, 0.25) is 0 Å². The molecule has 1 unspecified atom stereocenters. The molecule has 5 nitrogen and oxygen atoms in total. The van der Waals surface area contributed by atoms with E-state index in [4.69, 9.17) is 0 Å². The van der Waals surface area contributed by atoms with Crippen LogP contribution in [0.15, 0.2) is 0 Å². The van der Waals surface area contributed by atoms with Gasteiger partial charge in [0.1, 0.15) is 5.97 Å². The third-order valence-corrected chi connectivity index (χ3v) is 1.42. The first kappa shape index (κ1) is 10.9. The fourth-order valence-electron chi connectivity index (χ4n) is 0.840. The van der Waals surface area contributed by atoms with Gasteiger partial charge in [0.05, 0.1) is 28.3 Å². The highest BCUT2D eigenvalue weighted by Crippen LogP contribution is 2.03. The van der Waals surface area contributed by atoms with Gasteiger partial charge in [-0.2, -0.15) is 0 Å². The van der Waals surface area contributed by atoms with Crippen molar-refractivity contribution in [2.24, 2.45) is 0 Å². The van der Waals surface area contributed by atoms with Crippen molar-refractivity contribution in [3.05, 3.63) is 0 Å². The number of carboxylic acid groups (broad SMARTS) is 1. The molecule has 0 aromatic heterocycles. The predicted molar refractivity (Wildman–Crippen MR) is 38.8 cm³/mol. The fraction of sp³-hybridized carbons (Fsp3) is 0.714. The van der Waals surface area contributed by atoms with Gasteiger partial charge in [-0.25, -0.2) is 4.79 Å². The number of carbonyl (C=O) groups is 2. The fourth-order valence-corrected chi connectivity index (χ4v) is 0.840. The lowest BCUT2D eigenvalue weighted by molar-refractivity contribution is -0.881. The number of esters is 1. The Kier molecular flexibility index (Phi) is 3.21. The molecule has 0 rings (SSSR count). The van der Waals surface area contributed by atoms with Crippen molar-refractivity contribution in [1.82, 2.24) is 0 Å². The summed E-state index contributed by atoms with van der Waals surface area (Å²) in [5, 5.41) is 10.5. The molecule has 0 aliphatic rings. The summed E-state index contributed by atoms with van der Waals surface area (Å²) in [7, 11) is 5.89. The standard InChI is InChI=1S/C7H13NO4/c1-8(2,3)5(6(9)10)7(11)12-4/h5H,1-4H3. The van der Waals surface area contributed by atoms with Crippen molar-refractivity contribution in [3.63, 3.8) is 0 Å². The quantitative estimate of drug-likeness (QED) is 0.282. The predicted octanol–water partition coefficient (Wildman–Crippen LogP) is -2.02. The molecule has 12 heavy (non-hydrogen) atoms. The lowest BCUT2D eigenvalue weighted by atomic mass is 10.2. The summed E-state index contributed by atoms with van der Waals surface area (Å²) in [5.74, 6) is -2.21. The normalized spacial score (nSPS) is 13.7. The number of hydrogen-bond donors (Lipinski definition) is 0. The minimum absolute atomic E-state index is 0.0466. The van der Waals surface area contributed by atoms with Crippen LogP contribution in [0.1, 0.15) is 0 Å². The van der Waals surface area contributed by atoms with Crippen molar-refractivity contribution < 1.29 is 23.9 Å². The average Bonchev–Trinajstić information content (AvgIpc) is 1.83. The van der Waals surface area contributed by atoms with Gasteiger partial charge >= 0.3 is 5.97 Å². The lowest BCUT2D eigenvalue weighted by Crippen LogP contribution is -2.59. The summed E-state index contributed by atoms with van der Waals surface area (Å²) in [6, 6.07) is -1.27. The Balaban J connectivity index is 4.68. The van der Waals surface area contributed by atoms with Crippen LogP contribution >= 0.6 is 0 Å². The maximum absolute atomic E-state index is 10.9. The van der Waals surface area contributed by atoms with Gasteiger partial charge in [0.2, 0.25) is 6.04 Å². The van der Waals surface area contributed by atoms with Crippen LogP contribution in [0.25, 0.3) is 0 Å². The van der Waals surface area contributed by atoms with Crippen molar-refractivity contribution in [1.29, 1.82) is 0 Å². The van der Waals surface area contributed by atoms with E-state index in [1.54, 1.807) is 21.1 Å². The zero-order chi connectivity index (χ0) is 9.94.